The Balaban J connectivity index is 1.81. The summed E-state index contributed by atoms with van der Waals surface area (Å²) in [6, 6.07) is 10.00. The first-order valence-corrected chi connectivity index (χ1v) is 7.97. The Labute approximate surface area is 152 Å². The van der Waals surface area contributed by atoms with Crippen LogP contribution in [0.2, 0.25) is 0 Å². The Hall–Kier alpha value is -3.61. The van der Waals surface area contributed by atoms with E-state index in [-0.39, 0.29) is 16.8 Å². The van der Waals surface area contributed by atoms with E-state index in [1.165, 1.54) is 55.0 Å². The van der Waals surface area contributed by atoms with Crippen LogP contribution in [0, 0.1) is 17.5 Å². The monoisotopic (exact) mass is 364 g/mol. The summed E-state index contributed by atoms with van der Waals surface area (Å²) in [4.78, 5) is 7.63. The molecule has 0 atom stereocenters. The van der Waals surface area contributed by atoms with Crippen molar-refractivity contribution in [1.29, 1.82) is 0 Å². The molecule has 0 radical (unpaired) electrons. The molecule has 0 N–H and O–H groups in total. The number of benzene rings is 1. The lowest BCUT2D eigenvalue weighted by Crippen LogP contribution is -1.95. The molecular weight excluding hydrogens is 353 g/mol. The topological polar surface area (TPSA) is 51.6 Å². The summed E-state index contributed by atoms with van der Waals surface area (Å²) >= 11 is 0. The molecule has 7 heteroatoms. The number of hydrogen-bond donors (Lipinski definition) is 0. The first-order valence-electron chi connectivity index (χ1n) is 7.97. The second kappa shape index (κ2) is 6.95. The molecule has 0 amide bonds. The normalized spacial score (nSPS) is 10.8. The zero-order valence-corrected chi connectivity index (χ0v) is 13.8. The van der Waals surface area contributed by atoms with E-state index in [4.69, 9.17) is 0 Å². The molecule has 0 fully saturated rings. The molecule has 4 aromatic rings. The van der Waals surface area contributed by atoms with E-state index in [9.17, 15) is 13.2 Å². The second-order valence-corrected chi connectivity index (χ2v) is 5.71. The molecule has 27 heavy (non-hydrogen) atoms. The fourth-order valence-electron chi connectivity index (χ4n) is 2.71. The third kappa shape index (κ3) is 3.27. The van der Waals surface area contributed by atoms with Gasteiger partial charge in [0.25, 0.3) is 0 Å². The van der Waals surface area contributed by atoms with Crippen LogP contribution in [0.15, 0.2) is 67.3 Å². The van der Waals surface area contributed by atoms with Crippen LogP contribution in [0.3, 0.4) is 0 Å². The van der Waals surface area contributed by atoms with Crippen LogP contribution in [0.5, 0.6) is 0 Å². The lowest BCUT2D eigenvalue weighted by atomic mass is 10.0. The van der Waals surface area contributed by atoms with Crippen LogP contribution < -0.4 is 0 Å². The minimum atomic E-state index is -0.624. The van der Waals surface area contributed by atoms with Crippen molar-refractivity contribution in [2.75, 3.05) is 0 Å². The van der Waals surface area contributed by atoms with Gasteiger partial charge in [-0.05, 0) is 42.0 Å². The van der Waals surface area contributed by atoms with Crippen LogP contribution in [0.1, 0.15) is 0 Å². The Bertz CT molecular complexity index is 1130. The molecule has 4 nitrogen and oxygen atoms in total. The van der Waals surface area contributed by atoms with Crippen molar-refractivity contribution in [3.8, 4) is 33.6 Å². The van der Waals surface area contributed by atoms with E-state index in [0.717, 1.165) is 6.20 Å². The van der Waals surface area contributed by atoms with Gasteiger partial charge in [0, 0.05) is 29.1 Å². The summed E-state index contributed by atoms with van der Waals surface area (Å²) < 4.78 is 42.2. The zero-order valence-electron chi connectivity index (χ0n) is 13.8. The molecule has 0 aliphatic heterocycles. The summed E-state index contributed by atoms with van der Waals surface area (Å²) in [5, 5.41) is 7.84. The Kier molecular flexibility index (Phi) is 4.33. The third-order valence-corrected chi connectivity index (χ3v) is 4.02. The van der Waals surface area contributed by atoms with E-state index in [1.807, 2.05) is 0 Å². The van der Waals surface area contributed by atoms with Gasteiger partial charge in [0.05, 0.1) is 18.1 Å². The fourth-order valence-corrected chi connectivity index (χ4v) is 2.71. The van der Waals surface area contributed by atoms with Crippen LogP contribution in [-0.2, 0) is 0 Å². The van der Waals surface area contributed by atoms with Gasteiger partial charge in [0.2, 0.25) is 0 Å². The molecule has 4 rings (SSSR count). The van der Waals surface area contributed by atoms with E-state index < -0.39 is 17.5 Å². The molecule has 0 saturated carbocycles. The molecule has 0 unspecified atom stereocenters. The third-order valence-electron chi connectivity index (χ3n) is 4.02. The van der Waals surface area contributed by atoms with Crippen LogP contribution in [-0.4, -0.2) is 20.2 Å². The van der Waals surface area contributed by atoms with Gasteiger partial charge < -0.3 is 0 Å². The van der Waals surface area contributed by atoms with Gasteiger partial charge in [-0.15, -0.1) is 0 Å². The van der Waals surface area contributed by atoms with Crippen molar-refractivity contribution in [3.63, 3.8) is 0 Å². The molecule has 3 heterocycles. The summed E-state index contributed by atoms with van der Waals surface area (Å²) in [6.07, 6.45) is 5.40. The molecule has 0 bridgehead atoms. The standard InChI is InChI=1S/C20H11F3N4/c21-16-4-3-12(8-15(16)20-17(22)2-1-6-25-20)13-9-19(27-26-10-13)14-5-7-24-11-18(14)23/h1-11H. The number of hydrogen-bond acceptors (Lipinski definition) is 4. The van der Waals surface area contributed by atoms with E-state index in [0.29, 0.717) is 16.8 Å². The van der Waals surface area contributed by atoms with Crippen molar-refractivity contribution < 1.29 is 13.2 Å². The van der Waals surface area contributed by atoms with Gasteiger partial charge >= 0.3 is 0 Å². The average Bonchev–Trinajstić information content (AvgIpc) is 2.69. The summed E-state index contributed by atoms with van der Waals surface area (Å²) in [5.74, 6) is -1.75. The molecular formula is C20H11F3N4. The molecule has 0 aliphatic rings. The minimum absolute atomic E-state index is 0.0269. The van der Waals surface area contributed by atoms with Crippen LogP contribution >= 0.6 is 0 Å². The first-order chi connectivity index (χ1) is 13.1. The number of nitrogens with zero attached hydrogens (tertiary/aromatic N) is 4. The van der Waals surface area contributed by atoms with Crippen molar-refractivity contribution in [2.24, 2.45) is 0 Å². The van der Waals surface area contributed by atoms with Crippen molar-refractivity contribution in [3.05, 3.63) is 84.7 Å². The van der Waals surface area contributed by atoms with Gasteiger partial charge in [-0.2, -0.15) is 10.2 Å². The predicted octanol–water partition coefficient (Wildman–Crippen LogP) is 4.68. The summed E-state index contributed by atoms with van der Waals surface area (Å²) in [5.41, 5.74) is 1.65. The highest BCUT2D eigenvalue weighted by atomic mass is 19.1. The highest BCUT2D eigenvalue weighted by Gasteiger charge is 2.14. The predicted molar refractivity (Wildman–Crippen MR) is 93.8 cm³/mol. The maximum Gasteiger partial charge on any atom is 0.150 e. The molecule has 132 valence electrons. The number of aromatic nitrogens is 4. The van der Waals surface area contributed by atoms with Gasteiger partial charge in [-0.1, -0.05) is 6.07 Å². The van der Waals surface area contributed by atoms with Gasteiger partial charge in [0.1, 0.15) is 17.3 Å². The van der Waals surface area contributed by atoms with Crippen molar-refractivity contribution in [1.82, 2.24) is 20.2 Å². The maximum absolute atomic E-state index is 14.3. The quantitative estimate of drug-likeness (QED) is 0.529. The molecule has 1 aromatic carbocycles. The highest BCUT2D eigenvalue weighted by Crippen LogP contribution is 2.30. The number of pyridine rings is 2. The van der Waals surface area contributed by atoms with Crippen molar-refractivity contribution >= 4 is 0 Å². The number of halogens is 3. The Morgan fingerprint density at radius 3 is 2.41 bits per heavy atom. The van der Waals surface area contributed by atoms with E-state index in [2.05, 4.69) is 20.2 Å². The van der Waals surface area contributed by atoms with E-state index >= 15 is 0 Å². The van der Waals surface area contributed by atoms with Gasteiger partial charge in [-0.25, -0.2) is 13.2 Å². The van der Waals surface area contributed by atoms with Gasteiger partial charge in [-0.3, -0.25) is 9.97 Å². The van der Waals surface area contributed by atoms with Crippen LogP contribution in [0.25, 0.3) is 33.6 Å². The lowest BCUT2D eigenvalue weighted by Gasteiger charge is -2.08. The van der Waals surface area contributed by atoms with Gasteiger partial charge in [0.15, 0.2) is 5.82 Å². The molecule has 0 spiro atoms. The second-order valence-electron chi connectivity index (χ2n) is 5.71. The average molecular weight is 364 g/mol. The zero-order chi connectivity index (χ0) is 18.8. The maximum atomic E-state index is 14.3. The Morgan fingerprint density at radius 2 is 1.59 bits per heavy atom. The molecule has 0 saturated heterocycles. The minimum Gasteiger partial charge on any atom is -0.262 e. The van der Waals surface area contributed by atoms with Crippen LogP contribution in [0.4, 0.5) is 13.2 Å². The summed E-state index contributed by atoms with van der Waals surface area (Å²) in [7, 11) is 0. The first kappa shape index (κ1) is 16.8. The molecule has 0 aliphatic carbocycles. The largest absolute Gasteiger partial charge is 0.262 e. The fraction of sp³-hybridized carbons (Fsp3) is 0. The smallest absolute Gasteiger partial charge is 0.150 e. The SMILES string of the molecule is Fc1cnccc1-c1cc(-c2ccc(F)c(-c3ncccc3F)c2)cnn1. The Morgan fingerprint density at radius 1 is 0.704 bits per heavy atom. The highest BCUT2D eigenvalue weighted by molar-refractivity contribution is 5.74. The van der Waals surface area contributed by atoms with E-state index in [1.54, 1.807) is 6.07 Å². The summed E-state index contributed by atoms with van der Waals surface area (Å²) in [6.45, 7) is 0. The number of rotatable bonds is 3. The lowest BCUT2D eigenvalue weighted by molar-refractivity contribution is 0.611. The van der Waals surface area contributed by atoms with Crippen molar-refractivity contribution in [2.45, 2.75) is 0 Å². The molecule has 3 aromatic heterocycles.